The van der Waals surface area contributed by atoms with E-state index in [4.69, 9.17) is 9.47 Å². The van der Waals surface area contributed by atoms with Gasteiger partial charge in [0.1, 0.15) is 11.4 Å². The molecule has 0 aliphatic rings. The Kier molecular flexibility index (Phi) is 6.97. The fourth-order valence-corrected chi connectivity index (χ4v) is 2.82. The number of amides is 2. The molecular formula is C17H22N4O5S. The Hall–Kier alpha value is -2.85. The quantitative estimate of drug-likeness (QED) is 0.620. The van der Waals surface area contributed by atoms with Crippen LogP contribution in [0.3, 0.4) is 0 Å². The minimum atomic E-state index is -0.581. The Balaban J connectivity index is 2.07. The maximum absolute atomic E-state index is 12.4. The van der Waals surface area contributed by atoms with Crippen molar-refractivity contribution in [2.45, 2.75) is 0 Å². The highest BCUT2D eigenvalue weighted by Crippen LogP contribution is 2.34. The van der Waals surface area contributed by atoms with Gasteiger partial charge in [0.15, 0.2) is 16.6 Å². The molecule has 1 aromatic heterocycles. The van der Waals surface area contributed by atoms with Crippen LogP contribution in [0.1, 0.15) is 20.8 Å². The molecule has 9 nitrogen and oxygen atoms in total. The molecule has 2 rings (SSSR count). The number of phenolic OH excluding ortho intramolecular Hbond substituents is 1. The van der Waals surface area contributed by atoms with Gasteiger partial charge in [0.2, 0.25) is 0 Å². The summed E-state index contributed by atoms with van der Waals surface area (Å²) in [6.07, 6.45) is 0. The number of carbonyl (C=O) groups is 2. The number of methoxy groups -OCH3 is 2. The molecular weight excluding hydrogens is 372 g/mol. The summed E-state index contributed by atoms with van der Waals surface area (Å²) in [6, 6.07) is 2.66. The van der Waals surface area contributed by atoms with Crippen LogP contribution in [0, 0.1) is 0 Å². The van der Waals surface area contributed by atoms with E-state index in [1.165, 1.54) is 26.4 Å². The molecule has 1 heterocycles. The van der Waals surface area contributed by atoms with Gasteiger partial charge in [-0.25, -0.2) is 4.98 Å². The fourth-order valence-electron chi connectivity index (χ4n) is 2.13. The molecule has 2 amide bonds. The van der Waals surface area contributed by atoms with Gasteiger partial charge in [-0.15, -0.1) is 11.3 Å². The van der Waals surface area contributed by atoms with Crippen LogP contribution in [0.2, 0.25) is 0 Å². The van der Waals surface area contributed by atoms with E-state index in [9.17, 15) is 14.7 Å². The second kappa shape index (κ2) is 9.19. The van der Waals surface area contributed by atoms with Gasteiger partial charge >= 0.3 is 0 Å². The molecule has 0 saturated heterocycles. The van der Waals surface area contributed by atoms with Gasteiger partial charge in [0.25, 0.3) is 11.8 Å². The molecule has 0 aliphatic heterocycles. The number of rotatable bonds is 8. The molecule has 2 aromatic rings. The summed E-state index contributed by atoms with van der Waals surface area (Å²) in [5.41, 5.74) is 0.213. The number of thiazole rings is 1. The Bertz CT molecular complexity index is 822. The highest BCUT2D eigenvalue weighted by atomic mass is 32.1. The standard InChI is InChI=1S/C17H22N4O5S/c1-21(2)6-5-18-16(24)11-9-27-17(19-11)20-15(23)10-7-13(25-3)14(26-4)8-12(10)22/h7-9,22H,5-6H2,1-4H3,(H,18,24)(H,19,20,23). The second-order valence-electron chi connectivity index (χ2n) is 5.78. The maximum Gasteiger partial charge on any atom is 0.270 e. The lowest BCUT2D eigenvalue weighted by Crippen LogP contribution is -2.31. The van der Waals surface area contributed by atoms with Gasteiger partial charge in [-0.2, -0.15) is 0 Å². The van der Waals surface area contributed by atoms with E-state index in [0.29, 0.717) is 24.6 Å². The van der Waals surface area contributed by atoms with Crippen LogP contribution in [0.15, 0.2) is 17.5 Å². The molecule has 146 valence electrons. The summed E-state index contributed by atoms with van der Waals surface area (Å²) < 4.78 is 10.2. The van der Waals surface area contributed by atoms with Crippen molar-refractivity contribution in [1.29, 1.82) is 0 Å². The summed E-state index contributed by atoms with van der Waals surface area (Å²) in [5.74, 6) is -0.550. The predicted molar refractivity (Wildman–Crippen MR) is 102 cm³/mol. The molecule has 27 heavy (non-hydrogen) atoms. The van der Waals surface area contributed by atoms with E-state index < -0.39 is 5.91 Å². The number of benzene rings is 1. The predicted octanol–water partition coefficient (Wildman–Crippen LogP) is 1.41. The van der Waals surface area contributed by atoms with E-state index in [1.54, 1.807) is 5.38 Å². The van der Waals surface area contributed by atoms with Crippen LogP contribution in [-0.4, -0.2) is 68.2 Å². The Morgan fingerprint density at radius 3 is 2.48 bits per heavy atom. The SMILES string of the molecule is COc1cc(O)c(C(=O)Nc2nc(C(=O)NCCN(C)C)cs2)cc1OC. The molecule has 10 heteroatoms. The molecule has 0 saturated carbocycles. The van der Waals surface area contributed by atoms with Crippen molar-refractivity contribution in [2.24, 2.45) is 0 Å². The monoisotopic (exact) mass is 394 g/mol. The molecule has 1 aromatic carbocycles. The van der Waals surface area contributed by atoms with E-state index in [2.05, 4.69) is 15.6 Å². The lowest BCUT2D eigenvalue weighted by Gasteiger charge is -2.11. The average molecular weight is 394 g/mol. The molecule has 0 fully saturated rings. The minimum absolute atomic E-state index is 0.000153. The largest absolute Gasteiger partial charge is 0.507 e. The van der Waals surface area contributed by atoms with Crippen LogP contribution in [0.4, 0.5) is 5.13 Å². The van der Waals surface area contributed by atoms with Gasteiger partial charge in [0, 0.05) is 30.6 Å². The van der Waals surface area contributed by atoms with Crippen LogP contribution < -0.4 is 20.1 Å². The number of carbonyl (C=O) groups excluding carboxylic acids is 2. The first kappa shape index (κ1) is 20.5. The molecule has 0 aliphatic carbocycles. The fraction of sp³-hybridized carbons (Fsp3) is 0.353. The van der Waals surface area contributed by atoms with E-state index >= 15 is 0 Å². The molecule has 0 spiro atoms. The van der Waals surface area contributed by atoms with Crippen LogP contribution in [0.5, 0.6) is 17.2 Å². The highest BCUT2D eigenvalue weighted by molar-refractivity contribution is 7.14. The third kappa shape index (κ3) is 5.31. The number of nitrogens with zero attached hydrogens (tertiary/aromatic N) is 2. The summed E-state index contributed by atoms with van der Waals surface area (Å²) in [6.45, 7) is 1.20. The normalized spacial score (nSPS) is 10.6. The zero-order valence-corrected chi connectivity index (χ0v) is 16.3. The molecule has 0 bridgehead atoms. The van der Waals surface area contributed by atoms with Crippen molar-refractivity contribution < 1.29 is 24.2 Å². The van der Waals surface area contributed by atoms with Crippen molar-refractivity contribution >= 4 is 28.3 Å². The van der Waals surface area contributed by atoms with Gasteiger partial charge in [-0.3, -0.25) is 14.9 Å². The number of phenols is 1. The number of likely N-dealkylation sites (N-methyl/N-ethyl adjacent to an activating group) is 1. The zero-order valence-electron chi connectivity index (χ0n) is 15.5. The first-order valence-corrected chi connectivity index (χ1v) is 8.88. The van der Waals surface area contributed by atoms with Gasteiger partial charge < -0.3 is 24.8 Å². The number of aromatic nitrogens is 1. The number of ether oxygens (including phenoxy) is 2. The van der Waals surface area contributed by atoms with E-state index in [0.717, 1.165) is 11.3 Å². The van der Waals surface area contributed by atoms with Crippen molar-refractivity contribution in [3.8, 4) is 17.2 Å². The zero-order chi connectivity index (χ0) is 20.0. The maximum atomic E-state index is 12.4. The van der Waals surface area contributed by atoms with Crippen LogP contribution in [0.25, 0.3) is 0 Å². The lowest BCUT2D eigenvalue weighted by atomic mass is 10.1. The highest BCUT2D eigenvalue weighted by Gasteiger charge is 2.18. The number of aromatic hydroxyl groups is 1. The number of hydrogen-bond donors (Lipinski definition) is 3. The summed E-state index contributed by atoms with van der Waals surface area (Å²) in [7, 11) is 6.68. The van der Waals surface area contributed by atoms with Gasteiger partial charge in [-0.1, -0.05) is 0 Å². The van der Waals surface area contributed by atoms with Gasteiger partial charge in [0.05, 0.1) is 19.8 Å². The average Bonchev–Trinajstić information content (AvgIpc) is 3.09. The molecule has 0 atom stereocenters. The number of hydrogen-bond acceptors (Lipinski definition) is 8. The Labute approximate surface area is 160 Å². The first-order valence-electron chi connectivity index (χ1n) is 8.00. The summed E-state index contributed by atoms with van der Waals surface area (Å²) >= 11 is 1.11. The summed E-state index contributed by atoms with van der Waals surface area (Å²) in [4.78, 5) is 30.5. The third-order valence-corrected chi connectivity index (χ3v) is 4.31. The third-order valence-electron chi connectivity index (χ3n) is 3.55. The molecule has 3 N–H and O–H groups in total. The lowest BCUT2D eigenvalue weighted by molar-refractivity contribution is 0.0945. The number of anilines is 1. The summed E-state index contributed by atoms with van der Waals surface area (Å²) in [5, 5.41) is 17.1. The van der Waals surface area contributed by atoms with Gasteiger partial charge in [-0.05, 0) is 14.1 Å². The molecule has 0 radical (unpaired) electrons. The second-order valence-corrected chi connectivity index (χ2v) is 6.63. The van der Waals surface area contributed by atoms with E-state index in [1.807, 2.05) is 19.0 Å². The van der Waals surface area contributed by atoms with Crippen molar-refractivity contribution in [2.75, 3.05) is 46.7 Å². The Morgan fingerprint density at radius 1 is 1.19 bits per heavy atom. The smallest absolute Gasteiger partial charge is 0.270 e. The first-order chi connectivity index (χ1) is 12.8. The van der Waals surface area contributed by atoms with Crippen LogP contribution >= 0.6 is 11.3 Å². The van der Waals surface area contributed by atoms with E-state index in [-0.39, 0.29) is 28.0 Å². The van der Waals surface area contributed by atoms with Crippen molar-refractivity contribution in [3.63, 3.8) is 0 Å². The molecule has 0 unspecified atom stereocenters. The number of nitrogens with one attached hydrogen (secondary N) is 2. The topological polar surface area (TPSA) is 113 Å². The van der Waals surface area contributed by atoms with Crippen molar-refractivity contribution in [3.05, 3.63) is 28.8 Å². The van der Waals surface area contributed by atoms with Crippen molar-refractivity contribution in [1.82, 2.24) is 15.2 Å². The Morgan fingerprint density at radius 2 is 1.85 bits per heavy atom. The minimum Gasteiger partial charge on any atom is -0.507 e. The van der Waals surface area contributed by atoms with Crippen LogP contribution in [-0.2, 0) is 0 Å².